The average Bonchev–Trinajstić information content (AvgIpc) is 2.94. The van der Waals surface area contributed by atoms with Crippen LogP contribution in [0.4, 0.5) is 0 Å². The van der Waals surface area contributed by atoms with Gasteiger partial charge in [0.2, 0.25) is 5.96 Å². The number of hydrogen-bond donors (Lipinski definition) is 3. The van der Waals surface area contributed by atoms with Gasteiger partial charge in [0, 0.05) is 12.6 Å². The van der Waals surface area contributed by atoms with Crippen molar-refractivity contribution in [2.45, 2.75) is 77.2 Å². The van der Waals surface area contributed by atoms with E-state index in [0.717, 1.165) is 12.5 Å². The maximum Gasteiger partial charge on any atom is 0.205 e. The van der Waals surface area contributed by atoms with E-state index in [-0.39, 0.29) is 0 Å². The van der Waals surface area contributed by atoms with Crippen LogP contribution in [0.1, 0.15) is 71.1 Å². The van der Waals surface area contributed by atoms with Crippen LogP contribution in [0.5, 0.6) is 0 Å². The number of nitrogens with zero attached hydrogens (tertiary/aromatic N) is 1. The molecule has 0 bridgehead atoms. The van der Waals surface area contributed by atoms with Gasteiger partial charge < -0.3 is 5.32 Å². The van der Waals surface area contributed by atoms with Crippen molar-refractivity contribution in [3.8, 4) is 0 Å². The van der Waals surface area contributed by atoms with E-state index in [9.17, 15) is 0 Å². The average molecular weight is 266 g/mol. The van der Waals surface area contributed by atoms with Crippen LogP contribution < -0.4 is 16.6 Å². The molecule has 2 saturated carbocycles. The summed E-state index contributed by atoms with van der Waals surface area (Å²) in [4.78, 5) is 4.73. The van der Waals surface area contributed by atoms with Gasteiger partial charge in [-0.1, -0.05) is 39.0 Å². The third-order valence-electron chi connectivity index (χ3n) is 5.07. The Kier molecular flexibility index (Phi) is 5.49. The van der Waals surface area contributed by atoms with Gasteiger partial charge >= 0.3 is 0 Å². The van der Waals surface area contributed by atoms with Crippen molar-refractivity contribution in [2.75, 3.05) is 6.54 Å². The minimum Gasteiger partial charge on any atom is -0.353 e. The Morgan fingerprint density at radius 3 is 2.42 bits per heavy atom. The van der Waals surface area contributed by atoms with E-state index < -0.39 is 0 Å². The van der Waals surface area contributed by atoms with Crippen LogP contribution in [-0.4, -0.2) is 18.5 Å². The number of nitrogens with one attached hydrogen (secondary N) is 2. The van der Waals surface area contributed by atoms with Gasteiger partial charge in [0.1, 0.15) is 0 Å². The predicted molar refractivity (Wildman–Crippen MR) is 80.8 cm³/mol. The lowest BCUT2D eigenvalue weighted by atomic mass is 9.84. The Labute approximate surface area is 117 Å². The number of hydrogen-bond acceptors (Lipinski definition) is 2. The lowest BCUT2D eigenvalue weighted by molar-refractivity contribution is 0.296. The predicted octanol–water partition coefficient (Wildman–Crippen LogP) is 2.70. The van der Waals surface area contributed by atoms with Gasteiger partial charge in [0.25, 0.3) is 0 Å². The number of guanidine groups is 1. The van der Waals surface area contributed by atoms with Crippen LogP contribution in [0.15, 0.2) is 4.99 Å². The van der Waals surface area contributed by atoms with Crippen molar-refractivity contribution in [3.05, 3.63) is 0 Å². The van der Waals surface area contributed by atoms with Crippen molar-refractivity contribution in [1.82, 2.24) is 10.7 Å². The third-order valence-corrected chi connectivity index (χ3v) is 5.07. The van der Waals surface area contributed by atoms with Crippen LogP contribution in [0.3, 0.4) is 0 Å². The SMILES string of the molecule is CCC1(CN=C(NN)NC2CCCCC2)CCCC1. The molecule has 2 fully saturated rings. The third kappa shape index (κ3) is 4.10. The number of nitrogens with two attached hydrogens (primary N) is 1. The van der Waals surface area contributed by atoms with Crippen LogP contribution >= 0.6 is 0 Å². The van der Waals surface area contributed by atoms with Gasteiger partial charge in [-0.15, -0.1) is 0 Å². The zero-order valence-electron chi connectivity index (χ0n) is 12.4. The Morgan fingerprint density at radius 1 is 1.16 bits per heavy atom. The van der Waals surface area contributed by atoms with E-state index >= 15 is 0 Å². The van der Waals surface area contributed by atoms with Crippen LogP contribution in [0.25, 0.3) is 0 Å². The maximum absolute atomic E-state index is 5.62. The van der Waals surface area contributed by atoms with Crippen LogP contribution in [-0.2, 0) is 0 Å². The molecule has 0 aromatic rings. The Balaban J connectivity index is 1.86. The van der Waals surface area contributed by atoms with Crippen LogP contribution in [0, 0.1) is 5.41 Å². The van der Waals surface area contributed by atoms with Gasteiger partial charge in [-0.05, 0) is 37.5 Å². The highest BCUT2D eigenvalue weighted by atomic mass is 15.3. The highest BCUT2D eigenvalue weighted by Crippen LogP contribution is 2.41. The molecule has 0 unspecified atom stereocenters. The number of aliphatic imine (C=N–C) groups is 1. The molecule has 4 nitrogen and oxygen atoms in total. The van der Waals surface area contributed by atoms with E-state index in [1.54, 1.807) is 0 Å². The summed E-state index contributed by atoms with van der Waals surface area (Å²) in [6.45, 7) is 3.22. The smallest absolute Gasteiger partial charge is 0.205 e. The molecule has 0 heterocycles. The van der Waals surface area contributed by atoms with Crippen molar-refractivity contribution in [2.24, 2.45) is 16.3 Å². The molecule has 0 aromatic carbocycles. The van der Waals surface area contributed by atoms with E-state index in [1.807, 2.05) is 0 Å². The standard InChI is InChI=1S/C15H30N4/c1-2-15(10-6-7-11-15)12-17-14(19-16)18-13-8-4-3-5-9-13/h13H,2-12,16H2,1H3,(H2,17,18,19). The van der Waals surface area contributed by atoms with Crippen molar-refractivity contribution < 1.29 is 0 Å². The highest BCUT2D eigenvalue weighted by molar-refractivity contribution is 5.79. The molecule has 0 atom stereocenters. The molecule has 2 rings (SSSR count). The van der Waals surface area contributed by atoms with Crippen molar-refractivity contribution in [1.29, 1.82) is 0 Å². The first kappa shape index (κ1) is 14.6. The number of hydrazine groups is 1. The van der Waals surface area contributed by atoms with Gasteiger partial charge in [0.15, 0.2) is 0 Å². The zero-order valence-corrected chi connectivity index (χ0v) is 12.4. The van der Waals surface area contributed by atoms with E-state index in [4.69, 9.17) is 10.8 Å². The first-order valence-corrected chi connectivity index (χ1v) is 8.06. The maximum atomic E-state index is 5.62. The topological polar surface area (TPSA) is 62.4 Å². The van der Waals surface area contributed by atoms with Gasteiger partial charge in [-0.25, -0.2) is 5.84 Å². The molecule has 19 heavy (non-hydrogen) atoms. The Hall–Kier alpha value is -0.770. The minimum atomic E-state index is 0.441. The number of rotatable bonds is 4. The monoisotopic (exact) mass is 266 g/mol. The normalized spacial score (nSPS) is 24.4. The minimum absolute atomic E-state index is 0.441. The second-order valence-corrected chi connectivity index (χ2v) is 6.35. The molecule has 0 aliphatic heterocycles. The molecule has 2 aliphatic carbocycles. The van der Waals surface area contributed by atoms with Gasteiger partial charge in [-0.3, -0.25) is 10.4 Å². The first-order chi connectivity index (χ1) is 9.28. The summed E-state index contributed by atoms with van der Waals surface area (Å²) in [7, 11) is 0. The van der Waals surface area contributed by atoms with Gasteiger partial charge in [0.05, 0.1) is 0 Å². The fourth-order valence-corrected chi connectivity index (χ4v) is 3.57. The molecular weight excluding hydrogens is 236 g/mol. The highest BCUT2D eigenvalue weighted by Gasteiger charge is 2.31. The molecule has 4 heteroatoms. The molecular formula is C15H30N4. The van der Waals surface area contributed by atoms with Crippen LogP contribution in [0.2, 0.25) is 0 Å². The summed E-state index contributed by atoms with van der Waals surface area (Å²) in [5, 5.41) is 3.48. The Morgan fingerprint density at radius 2 is 1.84 bits per heavy atom. The lowest BCUT2D eigenvalue weighted by Gasteiger charge is -2.27. The largest absolute Gasteiger partial charge is 0.353 e. The lowest BCUT2D eigenvalue weighted by Crippen LogP contribution is -2.47. The van der Waals surface area contributed by atoms with Crippen molar-refractivity contribution >= 4 is 5.96 Å². The second kappa shape index (κ2) is 7.13. The summed E-state index contributed by atoms with van der Waals surface area (Å²) in [5.74, 6) is 6.41. The molecule has 0 saturated heterocycles. The molecule has 0 spiro atoms. The molecule has 0 radical (unpaired) electrons. The van der Waals surface area contributed by atoms with Gasteiger partial charge in [-0.2, -0.15) is 0 Å². The molecule has 0 aromatic heterocycles. The van der Waals surface area contributed by atoms with E-state index in [2.05, 4.69) is 17.7 Å². The summed E-state index contributed by atoms with van der Waals surface area (Å²) in [5.41, 5.74) is 3.19. The second-order valence-electron chi connectivity index (χ2n) is 6.35. The summed E-state index contributed by atoms with van der Waals surface area (Å²) in [6.07, 6.45) is 13.2. The summed E-state index contributed by atoms with van der Waals surface area (Å²) >= 11 is 0. The fourth-order valence-electron chi connectivity index (χ4n) is 3.57. The van der Waals surface area contributed by atoms with E-state index in [0.29, 0.717) is 11.5 Å². The molecule has 2 aliphatic rings. The molecule has 0 amide bonds. The first-order valence-electron chi connectivity index (χ1n) is 8.06. The Bertz CT molecular complexity index is 289. The molecule has 4 N–H and O–H groups in total. The fraction of sp³-hybridized carbons (Fsp3) is 0.933. The zero-order chi connectivity index (χ0) is 13.6. The van der Waals surface area contributed by atoms with Crippen molar-refractivity contribution in [3.63, 3.8) is 0 Å². The molecule has 110 valence electrons. The quantitative estimate of drug-likeness (QED) is 0.317. The summed E-state index contributed by atoms with van der Waals surface area (Å²) < 4.78 is 0. The van der Waals surface area contributed by atoms with E-state index in [1.165, 1.54) is 64.2 Å². The summed E-state index contributed by atoms with van der Waals surface area (Å²) in [6, 6.07) is 0.560.